The zero-order valence-corrected chi connectivity index (χ0v) is 14.6. The van der Waals surface area contributed by atoms with Gasteiger partial charge in [0.15, 0.2) is 6.61 Å². The van der Waals surface area contributed by atoms with Crippen molar-refractivity contribution in [2.75, 3.05) is 11.9 Å². The van der Waals surface area contributed by atoms with Crippen molar-refractivity contribution in [1.29, 1.82) is 0 Å². The van der Waals surface area contributed by atoms with Gasteiger partial charge < -0.3 is 10.1 Å². The van der Waals surface area contributed by atoms with Crippen molar-refractivity contribution < 1.29 is 19.2 Å². The van der Waals surface area contributed by atoms with Crippen LogP contribution in [0.5, 0.6) is 0 Å². The van der Waals surface area contributed by atoms with E-state index in [0.717, 1.165) is 11.5 Å². The summed E-state index contributed by atoms with van der Waals surface area (Å²) in [5, 5.41) is 15.1. The fourth-order valence-corrected chi connectivity index (χ4v) is 2.73. The van der Waals surface area contributed by atoms with Crippen molar-refractivity contribution in [3.8, 4) is 0 Å². The molecule has 3 aromatic carbocycles. The smallest absolute Gasteiger partial charge is 0.339 e. The van der Waals surface area contributed by atoms with Gasteiger partial charge in [-0.1, -0.05) is 48.0 Å². The highest BCUT2D eigenvalue weighted by Crippen LogP contribution is 2.27. The molecule has 0 aliphatic carbocycles. The van der Waals surface area contributed by atoms with Gasteiger partial charge >= 0.3 is 5.97 Å². The average Bonchev–Trinajstić information content (AvgIpc) is 2.67. The molecular weight excluding hydrogens is 372 g/mol. The van der Waals surface area contributed by atoms with E-state index in [1.54, 1.807) is 24.3 Å². The van der Waals surface area contributed by atoms with Gasteiger partial charge in [0.25, 0.3) is 11.6 Å². The standard InChI is InChI=1S/C19H13ClN2O5/c20-13-8-9-16(17(10-13)22(25)26)21-18(23)11-27-19(24)15-7-3-5-12-4-1-2-6-14(12)15/h1-10H,11H2,(H,21,23). The number of amides is 1. The number of fused-ring (bicyclic) bond motifs is 1. The molecule has 3 rings (SSSR count). The van der Waals surface area contributed by atoms with Crippen LogP contribution in [0.3, 0.4) is 0 Å². The first-order chi connectivity index (χ1) is 13.0. The largest absolute Gasteiger partial charge is 0.452 e. The molecule has 7 nitrogen and oxygen atoms in total. The van der Waals surface area contributed by atoms with E-state index in [2.05, 4.69) is 5.32 Å². The predicted octanol–water partition coefficient (Wildman–Crippen LogP) is 4.20. The number of nitrogens with zero attached hydrogens (tertiary/aromatic N) is 1. The minimum absolute atomic E-state index is 0.0318. The molecule has 0 heterocycles. The second-order valence-corrected chi connectivity index (χ2v) is 6.01. The number of halogens is 1. The minimum Gasteiger partial charge on any atom is -0.452 e. The van der Waals surface area contributed by atoms with Gasteiger partial charge in [0.1, 0.15) is 5.69 Å². The average molecular weight is 385 g/mol. The molecular formula is C19H13ClN2O5. The SMILES string of the molecule is O=C(COC(=O)c1cccc2ccccc12)Nc1ccc(Cl)cc1[N+](=O)[O-]. The van der Waals surface area contributed by atoms with Crippen molar-refractivity contribution >= 4 is 45.6 Å². The quantitative estimate of drug-likeness (QED) is 0.404. The number of nitro benzene ring substituents is 1. The summed E-state index contributed by atoms with van der Waals surface area (Å²) in [7, 11) is 0. The van der Waals surface area contributed by atoms with Crippen molar-refractivity contribution in [2.45, 2.75) is 0 Å². The molecule has 0 saturated heterocycles. The second-order valence-electron chi connectivity index (χ2n) is 5.57. The molecule has 3 aromatic rings. The third-order valence-electron chi connectivity index (χ3n) is 3.77. The molecule has 0 unspecified atom stereocenters. The molecule has 0 aromatic heterocycles. The Kier molecular flexibility index (Phi) is 5.33. The summed E-state index contributed by atoms with van der Waals surface area (Å²) in [6.45, 7) is -0.582. The van der Waals surface area contributed by atoms with Crippen LogP contribution in [0.15, 0.2) is 60.7 Å². The van der Waals surface area contributed by atoms with E-state index in [1.807, 2.05) is 18.2 Å². The summed E-state index contributed by atoms with van der Waals surface area (Å²) in [4.78, 5) is 34.7. The summed E-state index contributed by atoms with van der Waals surface area (Å²) in [6, 6.07) is 16.3. The fourth-order valence-electron chi connectivity index (χ4n) is 2.56. The molecule has 0 atom stereocenters. The van der Waals surface area contributed by atoms with Crippen molar-refractivity contribution in [3.63, 3.8) is 0 Å². The van der Waals surface area contributed by atoms with E-state index in [1.165, 1.54) is 12.1 Å². The van der Waals surface area contributed by atoms with E-state index in [9.17, 15) is 19.7 Å². The Morgan fingerprint density at radius 3 is 2.59 bits per heavy atom. The van der Waals surface area contributed by atoms with Crippen LogP contribution in [0.1, 0.15) is 10.4 Å². The van der Waals surface area contributed by atoms with Crippen molar-refractivity contribution in [1.82, 2.24) is 0 Å². The summed E-state index contributed by atoms with van der Waals surface area (Å²) < 4.78 is 5.05. The lowest BCUT2D eigenvalue weighted by Gasteiger charge is -2.09. The predicted molar refractivity (Wildman–Crippen MR) is 101 cm³/mol. The Hall–Kier alpha value is -3.45. The number of carbonyl (C=O) groups is 2. The summed E-state index contributed by atoms with van der Waals surface area (Å²) in [6.07, 6.45) is 0. The Morgan fingerprint density at radius 2 is 1.81 bits per heavy atom. The van der Waals surface area contributed by atoms with Gasteiger partial charge in [-0.05, 0) is 29.0 Å². The van der Waals surface area contributed by atoms with Gasteiger partial charge in [0.05, 0.1) is 10.5 Å². The van der Waals surface area contributed by atoms with Crippen LogP contribution in [-0.4, -0.2) is 23.4 Å². The molecule has 0 aliphatic rings. The molecule has 0 spiro atoms. The zero-order valence-electron chi connectivity index (χ0n) is 13.8. The first-order valence-electron chi connectivity index (χ1n) is 7.84. The van der Waals surface area contributed by atoms with Gasteiger partial charge in [0, 0.05) is 11.1 Å². The molecule has 8 heteroatoms. The fraction of sp³-hybridized carbons (Fsp3) is 0.0526. The van der Waals surface area contributed by atoms with Crippen molar-refractivity contribution in [3.05, 3.63) is 81.4 Å². The lowest BCUT2D eigenvalue weighted by Crippen LogP contribution is -2.21. The number of anilines is 1. The highest BCUT2D eigenvalue weighted by Gasteiger charge is 2.18. The van der Waals surface area contributed by atoms with E-state index < -0.39 is 23.4 Å². The number of hydrogen-bond acceptors (Lipinski definition) is 5. The molecule has 0 radical (unpaired) electrons. The van der Waals surface area contributed by atoms with E-state index >= 15 is 0 Å². The third kappa shape index (κ3) is 4.21. The van der Waals surface area contributed by atoms with Gasteiger partial charge in [-0.2, -0.15) is 0 Å². The van der Waals surface area contributed by atoms with E-state index in [0.29, 0.717) is 10.9 Å². The van der Waals surface area contributed by atoms with Crippen LogP contribution in [0.4, 0.5) is 11.4 Å². The molecule has 0 saturated carbocycles. The highest BCUT2D eigenvalue weighted by molar-refractivity contribution is 6.31. The first kappa shape index (κ1) is 18.3. The number of hydrogen-bond donors (Lipinski definition) is 1. The van der Waals surface area contributed by atoms with Crippen LogP contribution in [0, 0.1) is 10.1 Å². The lowest BCUT2D eigenvalue weighted by molar-refractivity contribution is -0.383. The second kappa shape index (κ2) is 7.84. The number of esters is 1. The first-order valence-corrected chi connectivity index (χ1v) is 8.22. The van der Waals surface area contributed by atoms with Gasteiger partial charge in [-0.25, -0.2) is 4.79 Å². The Morgan fingerprint density at radius 1 is 1.07 bits per heavy atom. The Balaban J connectivity index is 1.69. The molecule has 0 bridgehead atoms. The number of rotatable bonds is 5. The Labute approximate surface area is 158 Å². The van der Waals surface area contributed by atoms with E-state index in [4.69, 9.17) is 16.3 Å². The highest BCUT2D eigenvalue weighted by atomic mass is 35.5. The van der Waals surface area contributed by atoms with E-state index in [-0.39, 0.29) is 16.4 Å². The lowest BCUT2D eigenvalue weighted by atomic mass is 10.1. The number of benzene rings is 3. The molecule has 1 amide bonds. The Bertz CT molecular complexity index is 1050. The molecule has 27 heavy (non-hydrogen) atoms. The number of nitrogens with one attached hydrogen (secondary N) is 1. The maximum atomic E-state index is 12.3. The number of nitro groups is 1. The van der Waals surface area contributed by atoms with Crippen LogP contribution in [-0.2, 0) is 9.53 Å². The summed E-state index contributed by atoms with van der Waals surface area (Å²) in [5.74, 6) is -1.36. The minimum atomic E-state index is -0.700. The number of ether oxygens (including phenoxy) is 1. The maximum Gasteiger partial charge on any atom is 0.339 e. The molecule has 1 N–H and O–H groups in total. The van der Waals surface area contributed by atoms with Crippen LogP contribution in [0.25, 0.3) is 10.8 Å². The van der Waals surface area contributed by atoms with Crippen LogP contribution in [0.2, 0.25) is 5.02 Å². The molecule has 0 fully saturated rings. The van der Waals surface area contributed by atoms with Gasteiger partial charge in [-0.15, -0.1) is 0 Å². The molecule has 0 aliphatic heterocycles. The monoisotopic (exact) mass is 384 g/mol. The van der Waals surface area contributed by atoms with Gasteiger partial charge in [-0.3, -0.25) is 14.9 Å². The van der Waals surface area contributed by atoms with Crippen LogP contribution < -0.4 is 5.32 Å². The normalized spacial score (nSPS) is 10.4. The number of carbonyl (C=O) groups excluding carboxylic acids is 2. The topological polar surface area (TPSA) is 98.5 Å². The maximum absolute atomic E-state index is 12.3. The molecule has 136 valence electrons. The van der Waals surface area contributed by atoms with Crippen LogP contribution >= 0.6 is 11.6 Å². The summed E-state index contributed by atoms with van der Waals surface area (Å²) in [5.41, 5.74) is -0.0507. The zero-order chi connectivity index (χ0) is 19.4. The third-order valence-corrected chi connectivity index (χ3v) is 4.01. The summed E-state index contributed by atoms with van der Waals surface area (Å²) >= 11 is 5.73. The van der Waals surface area contributed by atoms with Gasteiger partial charge in [0.2, 0.25) is 0 Å². The van der Waals surface area contributed by atoms with Crippen molar-refractivity contribution in [2.24, 2.45) is 0 Å².